The van der Waals surface area contributed by atoms with Gasteiger partial charge in [-0.3, -0.25) is 9.59 Å². The van der Waals surface area contributed by atoms with Crippen molar-refractivity contribution in [3.8, 4) is 5.75 Å². The lowest BCUT2D eigenvalue weighted by Crippen LogP contribution is -2.28. The third kappa shape index (κ3) is 5.38. The first-order valence-corrected chi connectivity index (χ1v) is 10.6. The summed E-state index contributed by atoms with van der Waals surface area (Å²) in [7, 11) is 0. The minimum atomic E-state index is -0.859. The number of ether oxygens (including phenoxy) is 1. The number of carbonyl (C=O) groups excluding carboxylic acids is 1. The minimum absolute atomic E-state index is 0.0377. The molecule has 0 spiro atoms. The van der Waals surface area contributed by atoms with E-state index in [2.05, 4.69) is 31.9 Å². The smallest absolute Gasteiger partial charge is 0.303 e. The summed E-state index contributed by atoms with van der Waals surface area (Å²) in [5.74, 6) is 0.165. The molecular formula is C20H23Br2NO5. The van der Waals surface area contributed by atoms with Crippen molar-refractivity contribution in [1.82, 2.24) is 4.90 Å². The standard InChI is InChI=1S/C20H23Br2NO5/c1-4-23(5-2)17(24)9-12(3)16-10-13-14(21)11-15(22)20(19(13)28-16)27-8-6-7-18(25)26/h9-11H,4-8H2,1-3H3,(H,25,26). The highest BCUT2D eigenvalue weighted by Crippen LogP contribution is 2.41. The second kappa shape index (κ2) is 10.1. The maximum Gasteiger partial charge on any atom is 0.303 e. The SMILES string of the molecule is CCN(CC)C(=O)C=C(C)c1cc2c(Br)cc(Br)c(OCCCC(=O)O)c2o1. The number of carbonyl (C=O) groups is 2. The average Bonchev–Trinajstić information content (AvgIpc) is 3.07. The van der Waals surface area contributed by atoms with E-state index >= 15 is 0 Å². The molecule has 0 radical (unpaired) electrons. The van der Waals surface area contributed by atoms with Crippen LogP contribution in [-0.2, 0) is 9.59 Å². The number of furan rings is 1. The number of hydrogen-bond donors (Lipinski definition) is 1. The van der Waals surface area contributed by atoms with Crippen LogP contribution < -0.4 is 4.74 Å². The summed E-state index contributed by atoms with van der Waals surface area (Å²) in [6, 6.07) is 3.71. The van der Waals surface area contributed by atoms with Crippen LogP contribution in [-0.4, -0.2) is 41.6 Å². The molecule has 1 heterocycles. The fourth-order valence-electron chi connectivity index (χ4n) is 2.71. The van der Waals surface area contributed by atoms with Crippen LogP contribution in [0.4, 0.5) is 0 Å². The molecule has 6 nitrogen and oxygen atoms in total. The van der Waals surface area contributed by atoms with Crippen molar-refractivity contribution < 1.29 is 23.8 Å². The number of benzene rings is 1. The fourth-order valence-corrected chi connectivity index (χ4v) is 4.06. The highest BCUT2D eigenvalue weighted by Gasteiger charge is 2.18. The van der Waals surface area contributed by atoms with Crippen molar-refractivity contribution in [3.63, 3.8) is 0 Å². The maximum atomic E-state index is 12.3. The van der Waals surface area contributed by atoms with Crippen molar-refractivity contribution in [2.45, 2.75) is 33.6 Å². The Hall–Kier alpha value is -1.80. The molecule has 0 fully saturated rings. The van der Waals surface area contributed by atoms with Gasteiger partial charge in [-0.2, -0.15) is 0 Å². The number of aliphatic carboxylic acids is 1. The van der Waals surface area contributed by atoms with Crippen LogP contribution in [0.15, 0.2) is 31.6 Å². The third-order valence-electron chi connectivity index (χ3n) is 4.25. The van der Waals surface area contributed by atoms with Crippen LogP contribution in [0, 0.1) is 0 Å². The van der Waals surface area contributed by atoms with Gasteiger partial charge in [-0.25, -0.2) is 0 Å². The Labute approximate surface area is 180 Å². The van der Waals surface area contributed by atoms with Gasteiger partial charge in [0.15, 0.2) is 11.3 Å². The highest BCUT2D eigenvalue weighted by molar-refractivity contribution is 9.11. The largest absolute Gasteiger partial charge is 0.488 e. The summed E-state index contributed by atoms with van der Waals surface area (Å²) in [5.41, 5.74) is 1.25. The lowest BCUT2D eigenvalue weighted by Gasteiger charge is -2.16. The molecule has 28 heavy (non-hydrogen) atoms. The molecule has 1 aromatic heterocycles. The zero-order valence-corrected chi connectivity index (χ0v) is 19.2. The van der Waals surface area contributed by atoms with Gasteiger partial charge in [0.1, 0.15) is 5.76 Å². The van der Waals surface area contributed by atoms with Gasteiger partial charge in [0.05, 0.1) is 11.1 Å². The van der Waals surface area contributed by atoms with Crippen LogP contribution in [0.1, 0.15) is 39.4 Å². The normalized spacial score (nSPS) is 11.7. The first kappa shape index (κ1) is 22.5. The Balaban J connectivity index is 2.35. The quantitative estimate of drug-likeness (QED) is 0.353. The lowest BCUT2D eigenvalue weighted by molar-refractivity contribution is -0.137. The van der Waals surface area contributed by atoms with Crippen LogP contribution in [0.2, 0.25) is 0 Å². The van der Waals surface area contributed by atoms with E-state index in [-0.39, 0.29) is 18.9 Å². The third-order valence-corrected chi connectivity index (χ3v) is 5.50. The predicted octanol–water partition coefficient (Wildman–Crippen LogP) is 5.47. The van der Waals surface area contributed by atoms with Gasteiger partial charge in [-0.15, -0.1) is 0 Å². The van der Waals surface area contributed by atoms with Crippen LogP contribution in [0.5, 0.6) is 5.75 Å². The monoisotopic (exact) mass is 515 g/mol. The number of allylic oxidation sites excluding steroid dienone is 1. The molecule has 1 N–H and O–H groups in total. The zero-order valence-electron chi connectivity index (χ0n) is 16.1. The van der Waals surface area contributed by atoms with E-state index in [0.29, 0.717) is 46.6 Å². The summed E-state index contributed by atoms with van der Waals surface area (Å²) < 4.78 is 13.3. The Morgan fingerprint density at radius 2 is 1.89 bits per heavy atom. The summed E-state index contributed by atoms with van der Waals surface area (Å²) >= 11 is 6.99. The average molecular weight is 517 g/mol. The van der Waals surface area contributed by atoms with Gasteiger partial charge in [0.25, 0.3) is 0 Å². The Morgan fingerprint density at radius 1 is 1.21 bits per heavy atom. The van der Waals surface area contributed by atoms with Crippen LogP contribution in [0.3, 0.4) is 0 Å². The molecule has 1 aromatic carbocycles. The second-order valence-electron chi connectivity index (χ2n) is 6.21. The van der Waals surface area contributed by atoms with Gasteiger partial charge in [-0.1, -0.05) is 0 Å². The fraction of sp³-hybridized carbons (Fsp3) is 0.400. The Kier molecular flexibility index (Phi) is 8.12. The number of carboxylic acids is 1. The molecule has 8 heteroatoms. The Bertz CT molecular complexity index is 900. The van der Waals surface area contributed by atoms with E-state index in [1.165, 1.54) is 0 Å². The number of likely N-dealkylation sites (N-methyl/N-ethyl adjacent to an activating group) is 1. The molecule has 0 unspecified atom stereocenters. The van der Waals surface area contributed by atoms with Crippen molar-refractivity contribution in [2.75, 3.05) is 19.7 Å². The molecule has 152 valence electrons. The second-order valence-corrected chi connectivity index (χ2v) is 7.92. The number of rotatable bonds is 9. The topological polar surface area (TPSA) is 80.0 Å². The number of hydrogen-bond acceptors (Lipinski definition) is 4. The van der Waals surface area contributed by atoms with Gasteiger partial charge < -0.3 is 19.2 Å². The van der Waals surface area contributed by atoms with E-state index < -0.39 is 5.97 Å². The van der Waals surface area contributed by atoms with Crippen molar-refractivity contribution in [1.29, 1.82) is 0 Å². The maximum absolute atomic E-state index is 12.3. The molecule has 0 atom stereocenters. The first-order chi connectivity index (χ1) is 13.3. The van der Waals surface area contributed by atoms with Gasteiger partial charge >= 0.3 is 5.97 Å². The number of halogens is 2. The molecule has 0 aliphatic heterocycles. The summed E-state index contributed by atoms with van der Waals surface area (Å²) in [6.45, 7) is 7.25. The van der Waals surface area contributed by atoms with Gasteiger partial charge in [0.2, 0.25) is 5.91 Å². The van der Waals surface area contributed by atoms with Crippen LogP contribution >= 0.6 is 31.9 Å². The molecule has 0 aliphatic carbocycles. The van der Waals surface area contributed by atoms with Crippen LogP contribution in [0.25, 0.3) is 16.5 Å². The first-order valence-electron chi connectivity index (χ1n) is 9.02. The molecule has 0 saturated carbocycles. The molecule has 2 rings (SSSR count). The summed E-state index contributed by atoms with van der Waals surface area (Å²) in [5, 5.41) is 9.57. The van der Waals surface area contributed by atoms with Crippen molar-refractivity contribution in [2.24, 2.45) is 0 Å². The number of nitrogens with zero attached hydrogens (tertiary/aromatic N) is 1. The van der Waals surface area contributed by atoms with E-state index in [9.17, 15) is 9.59 Å². The molecule has 0 bridgehead atoms. The number of carboxylic acid groups (broad SMARTS) is 1. The molecular weight excluding hydrogens is 494 g/mol. The van der Waals surface area contributed by atoms with Crippen molar-refractivity contribution in [3.05, 3.63) is 32.9 Å². The summed E-state index contributed by atoms with van der Waals surface area (Å²) in [4.78, 5) is 24.7. The predicted molar refractivity (Wildman–Crippen MR) is 116 cm³/mol. The molecule has 0 aliphatic rings. The zero-order chi connectivity index (χ0) is 20.8. The van der Waals surface area contributed by atoms with E-state index in [1.54, 1.807) is 11.0 Å². The van der Waals surface area contributed by atoms with E-state index in [0.717, 1.165) is 9.86 Å². The van der Waals surface area contributed by atoms with Gasteiger partial charge in [-0.05, 0) is 76.8 Å². The van der Waals surface area contributed by atoms with E-state index in [4.69, 9.17) is 14.3 Å². The Morgan fingerprint density at radius 3 is 2.50 bits per heavy atom. The molecule has 1 amide bonds. The summed E-state index contributed by atoms with van der Waals surface area (Å²) in [6.07, 6.45) is 2.00. The lowest BCUT2D eigenvalue weighted by atomic mass is 10.2. The number of fused-ring (bicyclic) bond motifs is 1. The molecule has 0 saturated heterocycles. The minimum Gasteiger partial charge on any atom is -0.488 e. The van der Waals surface area contributed by atoms with E-state index in [1.807, 2.05) is 32.9 Å². The highest BCUT2D eigenvalue weighted by atomic mass is 79.9. The van der Waals surface area contributed by atoms with Gasteiger partial charge in [0, 0.05) is 35.4 Å². The number of amides is 1. The van der Waals surface area contributed by atoms with Crippen molar-refractivity contribution >= 4 is 60.3 Å². The molecule has 2 aromatic rings.